The third-order valence-electron chi connectivity index (χ3n) is 7.70. The number of likely N-dealkylation sites (tertiary alicyclic amines) is 2. The van der Waals surface area contributed by atoms with Crippen molar-refractivity contribution in [2.24, 2.45) is 5.92 Å². The predicted molar refractivity (Wildman–Crippen MR) is 125 cm³/mol. The molecule has 9 nitrogen and oxygen atoms in total. The number of piperidine rings is 1. The second-order valence-corrected chi connectivity index (χ2v) is 9.79. The number of nitrogens with zero attached hydrogens (tertiary/aromatic N) is 2. The summed E-state index contributed by atoms with van der Waals surface area (Å²) in [6.07, 6.45) is 0.831. The molecule has 0 aliphatic carbocycles. The lowest BCUT2D eigenvalue weighted by Crippen LogP contribution is -2.50. The summed E-state index contributed by atoms with van der Waals surface area (Å²) in [5, 5.41) is 0. The predicted octanol–water partition coefficient (Wildman–Crippen LogP) is 1.33. The third kappa shape index (κ3) is 3.84. The number of carbonyl (C=O) groups excluding carboxylic acids is 3. The van der Waals surface area contributed by atoms with Crippen LogP contribution in [0.15, 0.2) is 48.5 Å². The second kappa shape index (κ2) is 8.66. The topological polar surface area (TPSA) is 100 Å². The molecule has 0 aromatic heterocycles. The lowest BCUT2D eigenvalue weighted by molar-refractivity contribution is -0.143. The van der Waals surface area contributed by atoms with Gasteiger partial charge in [-0.2, -0.15) is 0 Å². The summed E-state index contributed by atoms with van der Waals surface area (Å²) >= 11 is 0. The molecule has 2 N–H and O–H groups in total. The molecule has 0 spiro atoms. The van der Waals surface area contributed by atoms with Crippen molar-refractivity contribution in [3.05, 3.63) is 59.7 Å². The number of nitrogens with one attached hydrogen (secondary N) is 2. The summed E-state index contributed by atoms with van der Waals surface area (Å²) in [6, 6.07) is 15.0. The average Bonchev–Trinajstić information content (AvgIpc) is 3.59. The highest BCUT2D eigenvalue weighted by Crippen LogP contribution is 2.42. The fourth-order valence-corrected chi connectivity index (χ4v) is 5.75. The first-order valence-electron chi connectivity index (χ1n) is 12.1. The Morgan fingerprint density at radius 2 is 1.91 bits per heavy atom. The normalized spacial score (nSPS) is 27.4. The fraction of sp³-hybridized carbons (Fsp3) is 0.423. The maximum absolute atomic E-state index is 13.9. The van der Waals surface area contributed by atoms with Crippen LogP contribution in [0.25, 0.3) is 0 Å². The van der Waals surface area contributed by atoms with E-state index >= 15 is 0 Å². The van der Waals surface area contributed by atoms with Gasteiger partial charge in [0.2, 0.25) is 24.5 Å². The number of amides is 3. The van der Waals surface area contributed by atoms with E-state index in [9.17, 15) is 14.4 Å². The molecular weight excluding hydrogens is 448 g/mol. The number of benzene rings is 2. The molecule has 2 aromatic carbocycles. The summed E-state index contributed by atoms with van der Waals surface area (Å²) in [5.41, 5.74) is 6.73. The molecule has 0 saturated carbocycles. The van der Waals surface area contributed by atoms with Gasteiger partial charge in [0.25, 0.3) is 0 Å². The van der Waals surface area contributed by atoms with E-state index in [2.05, 4.69) is 10.9 Å². The Morgan fingerprint density at radius 3 is 2.77 bits per heavy atom. The number of hydrazine groups is 1. The highest BCUT2D eigenvalue weighted by atomic mass is 16.7. The highest BCUT2D eigenvalue weighted by molar-refractivity contribution is 6.10. The lowest BCUT2D eigenvalue weighted by Gasteiger charge is -2.36. The summed E-state index contributed by atoms with van der Waals surface area (Å²) in [5.74, 6) is 0.930. The van der Waals surface area contributed by atoms with Crippen LogP contribution in [0.1, 0.15) is 30.4 Å². The van der Waals surface area contributed by atoms with Gasteiger partial charge in [-0.05, 0) is 29.7 Å². The van der Waals surface area contributed by atoms with E-state index in [1.165, 1.54) is 4.90 Å². The summed E-state index contributed by atoms with van der Waals surface area (Å²) in [7, 11) is 0. The van der Waals surface area contributed by atoms with E-state index in [1.54, 1.807) is 12.1 Å². The maximum Gasteiger partial charge on any atom is 0.241 e. The number of imide groups is 1. The van der Waals surface area contributed by atoms with E-state index < -0.39 is 5.41 Å². The van der Waals surface area contributed by atoms with Crippen LogP contribution < -0.4 is 20.3 Å². The van der Waals surface area contributed by atoms with Gasteiger partial charge in [0, 0.05) is 44.4 Å². The van der Waals surface area contributed by atoms with E-state index in [1.807, 2.05) is 41.3 Å². The average molecular weight is 477 g/mol. The van der Waals surface area contributed by atoms with Crippen molar-refractivity contribution in [3.8, 4) is 11.5 Å². The molecular formula is C26H28N4O5. The molecule has 3 atom stereocenters. The molecule has 3 fully saturated rings. The molecule has 182 valence electrons. The molecule has 6 rings (SSSR count). The van der Waals surface area contributed by atoms with Crippen LogP contribution in [0.5, 0.6) is 11.5 Å². The number of hydrogen-bond donors (Lipinski definition) is 2. The zero-order valence-corrected chi connectivity index (χ0v) is 19.4. The molecule has 9 heteroatoms. The zero-order chi connectivity index (χ0) is 24.0. The molecule has 4 aliphatic heterocycles. The molecule has 3 unspecified atom stereocenters. The van der Waals surface area contributed by atoms with Crippen molar-refractivity contribution in [3.63, 3.8) is 0 Å². The van der Waals surface area contributed by atoms with E-state index in [4.69, 9.17) is 9.47 Å². The number of ether oxygens (including phenoxy) is 2. The van der Waals surface area contributed by atoms with Crippen LogP contribution >= 0.6 is 0 Å². The first-order chi connectivity index (χ1) is 17.0. The standard InChI is InChI=1S/C26H28N4O5/c31-23(29-9-8-20-18(15-29)13-27-28-20)11-26(19-4-2-1-3-5-19)12-24(32)30(25(26)33)14-17-6-7-21-22(10-17)35-16-34-21/h1-7,10,18,20,27-28H,8-9,11-16H2. The van der Waals surface area contributed by atoms with Gasteiger partial charge in [0.15, 0.2) is 11.5 Å². The SMILES string of the molecule is O=C(CC1(c2ccccc2)CC(=O)N(Cc2ccc3c(c2)OCO3)C1=O)N1CCC2NNCC2C1. The minimum atomic E-state index is -1.20. The van der Waals surface area contributed by atoms with Crippen LogP contribution in [0.2, 0.25) is 0 Å². The van der Waals surface area contributed by atoms with Crippen molar-refractivity contribution < 1.29 is 23.9 Å². The van der Waals surface area contributed by atoms with E-state index in [0.29, 0.717) is 42.1 Å². The van der Waals surface area contributed by atoms with Gasteiger partial charge in [-0.1, -0.05) is 36.4 Å². The van der Waals surface area contributed by atoms with Crippen LogP contribution in [0.4, 0.5) is 0 Å². The summed E-state index contributed by atoms with van der Waals surface area (Å²) in [4.78, 5) is 43.8. The van der Waals surface area contributed by atoms with Gasteiger partial charge >= 0.3 is 0 Å². The van der Waals surface area contributed by atoms with E-state index in [0.717, 1.165) is 18.5 Å². The molecule has 3 saturated heterocycles. The summed E-state index contributed by atoms with van der Waals surface area (Å²) in [6.45, 7) is 2.39. The Morgan fingerprint density at radius 1 is 1.09 bits per heavy atom. The van der Waals surface area contributed by atoms with Crippen LogP contribution in [-0.2, 0) is 26.3 Å². The third-order valence-corrected chi connectivity index (χ3v) is 7.70. The van der Waals surface area contributed by atoms with Gasteiger partial charge in [0.1, 0.15) is 0 Å². The molecule has 4 aliphatic rings. The maximum atomic E-state index is 13.9. The molecule has 2 aromatic rings. The fourth-order valence-electron chi connectivity index (χ4n) is 5.75. The van der Waals surface area contributed by atoms with Gasteiger partial charge in [0.05, 0.1) is 12.0 Å². The Hall–Kier alpha value is -3.43. The minimum absolute atomic E-state index is 0.0164. The van der Waals surface area contributed by atoms with Gasteiger partial charge in [-0.25, -0.2) is 0 Å². The quantitative estimate of drug-likeness (QED) is 0.628. The molecule has 4 heterocycles. The largest absolute Gasteiger partial charge is 0.454 e. The Balaban J connectivity index is 1.26. The van der Waals surface area contributed by atoms with Crippen molar-refractivity contribution in [1.29, 1.82) is 0 Å². The molecule has 0 radical (unpaired) electrons. The van der Waals surface area contributed by atoms with E-state index in [-0.39, 0.29) is 43.9 Å². The molecule has 3 amide bonds. The minimum Gasteiger partial charge on any atom is -0.454 e. The smallest absolute Gasteiger partial charge is 0.241 e. The monoisotopic (exact) mass is 476 g/mol. The summed E-state index contributed by atoms with van der Waals surface area (Å²) < 4.78 is 10.8. The Labute approximate surface area is 203 Å². The molecule has 0 bridgehead atoms. The van der Waals surface area contributed by atoms with Crippen molar-refractivity contribution in [2.75, 3.05) is 26.4 Å². The van der Waals surface area contributed by atoms with Crippen molar-refractivity contribution in [1.82, 2.24) is 20.7 Å². The first kappa shape index (κ1) is 22.1. The number of fused-ring (bicyclic) bond motifs is 2. The number of carbonyl (C=O) groups is 3. The molecule has 35 heavy (non-hydrogen) atoms. The van der Waals surface area contributed by atoms with Crippen LogP contribution in [0.3, 0.4) is 0 Å². The number of rotatable bonds is 5. The lowest BCUT2D eigenvalue weighted by atomic mass is 9.75. The Kier molecular flexibility index (Phi) is 5.46. The zero-order valence-electron chi connectivity index (χ0n) is 19.4. The van der Waals surface area contributed by atoms with Crippen LogP contribution in [-0.4, -0.2) is 60.0 Å². The first-order valence-corrected chi connectivity index (χ1v) is 12.1. The van der Waals surface area contributed by atoms with Gasteiger partial charge in [-0.3, -0.25) is 30.1 Å². The number of hydrogen-bond acceptors (Lipinski definition) is 7. The highest BCUT2D eigenvalue weighted by Gasteiger charge is 2.54. The second-order valence-electron chi connectivity index (χ2n) is 9.79. The van der Waals surface area contributed by atoms with Crippen LogP contribution in [0, 0.1) is 5.92 Å². The van der Waals surface area contributed by atoms with Crippen molar-refractivity contribution in [2.45, 2.75) is 37.3 Å². The van der Waals surface area contributed by atoms with Gasteiger partial charge in [-0.15, -0.1) is 0 Å². The van der Waals surface area contributed by atoms with Gasteiger partial charge < -0.3 is 14.4 Å². The Bertz CT molecular complexity index is 1170. The van der Waals surface area contributed by atoms with Crippen molar-refractivity contribution >= 4 is 17.7 Å².